The maximum absolute atomic E-state index is 8.32. The van der Waals surface area contributed by atoms with E-state index in [1.165, 1.54) is 0 Å². The second-order valence-corrected chi connectivity index (χ2v) is 1.31. The highest BCUT2D eigenvalue weighted by atomic mass is 127. The highest BCUT2D eigenvalue weighted by molar-refractivity contribution is 14.1. The summed E-state index contributed by atoms with van der Waals surface area (Å²) in [7, 11) is 0. The van der Waals surface area contributed by atoms with Gasteiger partial charge >= 0.3 is 0 Å². The van der Waals surface area contributed by atoms with Crippen LogP contribution in [0.2, 0.25) is 0 Å². The first-order valence-corrected chi connectivity index (χ1v) is 2.58. The van der Waals surface area contributed by atoms with Gasteiger partial charge in [0.05, 0.1) is 0 Å². The van der Waals surface area contributed by atoms with Gasteiger partial charge in [0.15, 0.2) is 0 Å². The fourth-order valence-corrected chi connectivity index (χ4v) is 0.379. The van der Waals surface area contributed by atoms with Gasteiger partial charge in [0.25, 0.3) is 0 Å². The first-order chi connectivity index (χ1) is 3.31. The van der Waals surface area contributed by atoms with Crippen molar-refractivity contribution in [3.05, 3.63) is 0 Å². The van der Waals surface area contributed by atoms with Crippen LogP contribution in [0.1, 0.15) is 0 Å². The van der Waals surface area contributed by atoms with Crippen LogP contribution in [0.4, 0.5) is 0 Å². The van der Waals surface area contributed by atoms with Gasteiger partial charge in [0, 0.05) is 22.6 Å². The van der Waals surface area contributed by atoms with E-state index in [1.807, 2.05) is 0 Å². The first kappa shape index (κ1) is 6.74. The van der Waals surface area contributed by atoms with Crippen LogP contribution in [0, 0.1) is 21.2 Å². The Morgan fingerprint density at radius 1 is 1.71 bits per heavy atom. The molecular weight excluding hydrogens is 205 g/mol. The highest BCUT2D eigenvalue weighted by Gasteiger charge is 1.87. The van der Waals surface area contributed by atoms with Crippen LogP contribution in [-0.2, 0) is 0 Å². The molecule has 0 bridgehead atoms. The van der Waals surface area contributed by atoms with Gasteiger partial charge in [0.1, 0.15) is 6.07 Å². The van der Waals surface area contributed by atoms with E-state index in [4.69, 9.17) is 10.4 Å². The molecule has 0 rings (SSSR count). The fourth-order valence-electron chi connectivity index (χ4n) is 0.0839. The minimum absolute atomic E-state index is 1.11. The van der Waals surface area contributed by atoms with Gasteiger partial charge in [-0.3, -0.25) is 0 Å². The number of hydrogen-bond acceptors (Lipinski definition) is 2. The number of nitriles is 1. The summed E-state index contributed by atoms with van der Waals surface area (Å²) in [6.45, 7) is 0. The summed E-state index contributed by atoms with van der Waals surface area (Å²) in [5.41, 5.74) is 0. The molecule has 3 heteroatoms. The average Bonchev–Trinajstić information content (AvgIpc) is 1.68. The van der Waals surface area contributed by atoms with Gasteiger partial charge in [0.2, 0.25) is 6.10 Å². The van der Waals surface area contributed by atoms with E-state index in [9.17, 15) is 0 Å². The molecule has 0 aliphatic rings. The van der Waals surface area contributed by atoms with Gasteiger partial charge in [-0.05, 0) is 9.85 Å². The lowest BCUT2D eigenvalue weighted by Gasteiger charge is -1.78. The molecule has 1 N–H and O–H groups in total. The van der Waals surface area contributed by atoms with Gasteiger partial charge in [-0.1, -0.05) is 0 Å². The molecule has 0 aromatic carbocycles. The second kappa shape index (κ2) is 3.91. The molecule has 0 saturated heterocycles. The van der Waals surface area contributed by atoms with Gasteiger partial charge in [-0.15, -0.1) is 0 Å². The molecular formula is C4H2INO. The number of aliphatic hydroxyl groups excluding tert-OH is 1. The van der Waals surface area contributed by atoms with Crippen molar-refractivity contribution >= 4 is 22.6 Å². The lowest BCUT2D eigenvalue weighted by Crippen LogP contribution is -1.95. The molecule has 0 fully saturated rings. The summed E-state index contributed by atoms with van der Waals surface area (Å²) in [5.74, 6) is 2.23. The van der Waals surface area contributed by atoms with Gasteiger partial charge in [-0.25, -0.2) is 0 Å². The number of halogens is 1. The Morgan fingerprint density at radius 2 is 2.29 bits per heavy atom. The van der Waals surface area contributed by atoms with E-state index in [0.717, 1.165) is 0 Å². The average molecular weight is 207 g/mol. The zero-order chi connectivity index (χ0) is 5.70. The third-order valence-corrected chi connectivity index (χ3v) is 0.625. The molecule has 7 heavy (non-hydrogen) atoms. The van der Waals surface area contributed by atoms with Crippen LogP contribution in [0.3, 0.4) is 0 Å². The van der Waals surface area contributed by atoms with Crippen molar-refractivity contribution in [2.45, 2.75) is 6.10 Å². The standard InChI is InChI=1S/C4H2INO/c5-2-1-4(7)3-6/h4,7H. The van der Waals surface area contributed by atoms with E-state index in [1.54, 1.807) is 28.7 Å². The van der Waals surface area contributed by atoms with Crippen molar-refractivity contribution in [2.75, 3.05) is 0 Å². The first-order valence-electron chi connectivity index (χ1n) is 1.50. The molecule has 1 atom stereocenters. The minimum Gasteiger partial charge on any atom is -0.368 e. The minimum atomic E-state index is -1.11. The normalized spacial score (nSPS) is 10.4. The Bertz CT molecular complexity index is 138. The lowest BCUT2D eigenvalue weighted by molar-refractivity contribution is 0.287. The summed E-state index contributed by atoms with van der Waals surface area (Å²) in [5, 5.41) is 16.2. The summed E-state index contributed by atoms with van der Waals surface area (Å²) in [6, 6.07) is 1.54. The Kier molecular flexibility index (Phi) is 3.77. The van der Waals surface area contributed by atoms with E-state index in [0.29, 0.717) is 0 Å². The van der Waals surface area contributed by atoms with Gasteiger partial charge in [-0.2, -0.15) is 5.26 Å². The zero-order valence-electron chi connectivity index (χ0n) is 3.35. The Morgan fingerprint density at radius 3 is 2.43 bits per heavy atom. The van der Waals surface area contributed by atoms with Crippen LogP contribution in [0.5, 0.6) is 0 Å². The summed E-state index contributed by atoms with van der Waals surface area (Å²) < 4.78 is 2.37. The molecule has 0 aliphatic carbocycles. The third-order valence-electron chi connectivity index (χ3n) is 0.314. The van der Waals surface area contributed by atoms with E-state index >= 15 is 0 Å². The number of nitrogens with zero attached hydrogens (tertiary/aromatic N) is 1. The molecule has 0 aromatic rings. The number of hydrogen-bond donors (Lipinski definition) is 1. The van der Waals surface area contributed by atoms with Crippen molar-refractivity contribution < 1.29 is 5.11 Å². The molecule has 0 amide bonds. The maximum Gasteiger partial charge on any atom is 0.203 e. The van der Waals surface area contributed by atoms with Crippen molar-refractivity contribution in [3.8, 4) is 15.9 Å². The van der Waals surface area contributed by atoms with Crippen molar-refractivity contribution in [1.29, 1.82) is 5.26 Å². The second-order valence-electron chi connectivity index (χ2n) is 0.770. The molecule has 0 aromatic heterocycles. The quantitative estimate of drug-likeness (QED) is 0.352. The van der Waals surface area contributed by atoms with Crippen LogP contribution in [-0.4, -0.2) is 11.2 Å². The number of rotatable bonds is 0. The molecule has 36 valence electrons. The molecule has 1 unspecified atom stereocenters. The topological polar surface area (TPSA) is 44.0 Å². The van der Waals surface area contributed by atoms with Crippen molar-refractivity contribution in [3.63, 3.8) is 0 Å². The van der Waals surface area contributed by atoms with Gasteiger partial charge < -0.3 is 5.11 Å². The fraction of sp³-hybridized carbons (Fsp3) is 0.250. The molecule has 0 radical (unpaired) electrons. The lowest BCUT2D eigenvalue weighted by atomic mass is 10.4. The molecule has 0 spiro atoms. The van der Waals surface area contributed by atoms with Crippen molar-refractivity contribution in [2.24, 2.45) is 0 Å². The zero-order valence-corrected chi connectivity index (χ0v) is 5.51. The summed E-state index contributed by atoms with van der Waals surface area (Å²) in [6.07, 6.45) is -1.11. The molecule has 2 nitrogen and oxygen atoms in total. The Labute approximate surface area is 55.3 Å². The SMILES string of the molecule is N#CC(O)C#CI. The van der Waals surface area contributed by atoms with Crippen LogP contribution >= 0.6 is 22.6 Å². The number of aliphatic hydroxyl groups is 1. The maximum atomic E-state index is 8.32. The van der Waals surface area contributed by atoms with E-state index < -0.39 is 6.10 Å². The van der Waals surface area contributed by atoms with E-state index in [2.05, 4.69) is 9.85 Å². The molecule has 0 heterocycles. The smallest absolute Gasteiger partial charge is 0.203 e. The highest BCUT2D eigenvalue weighted by Crippen LogP contribution is 1.76. The van der Waals surface area contributed by atoms with Crippen LogP contribution in [0.15, 0.2) is 0 Å². The van der Waals surface area contributed by atoms with Crippen molar-refractivity contribution in [1.82, 2.24) is 0 Å². The predicted octanol–water partition coefficient (Wildman–Crippen LogP) is 0.267. The summed E-state index contributed by atoms with van der Waals surface area (Å²) in [4.78, 5) is 0. The predicted molar refractivity (Wildman–Crippen MR) is 33.4 cm³/mol. The Balaban J connectivity index is 3.57. The third kappa shape index (κ3) is 3.57. The van der Waals surface area contributed by atoms with E-state index in [-0.39, 0.29) is 0 Å². The largest absolute Gasteiger partial charge is 0.368 e. The molecule has 0 saturated carbocycles. The Hall–Kier alpha value is -0.260. The molecule has 0 aliphatic heterocycles. The monoisotopic (exact) mass is 207 g/mol. The summed E-state index contributed by atoms with van der Waals surface area (Å²) >= 11 is 1.75. The van der Waals surface area contributed by atoms with Crippen LogP contribution < -0.4 is 0 Å². The van der Waals surface area contributed by atoms with Crippen LogP contribution in [0.25, 0.3) is 0 Å².